The van der Waals surface area contributed by atoms with Crippen LogP contribution in [0.3, 0.4) is 0 Å². The molecule has 0 aliphatic heterocycles. The fraction of sp³-hybridized carbons (Fsp3) is 0.105. The summed E-state index contributed by atoms with van der Waals surface area (Å²) >= 11 is 0. The van der Waals surface area contributed by atoms with Gasteiger partial charge in [0.05, 0.1) is 19.8 Å². The highest BCUT2D eigenvalue weighted by Crippen LogP contribution is 2.21. The fourth-order valence-corrected chi connectivity index (χ4v) is 2.31. The van der Waals surface area contributed by atoms with Crippen LogP contribution in [0.25, 0.3) is 0 Å². The first-order valence-corrected chi connectivity index (χ1v) is 7.87. The van der Waals surface area contributed by atoms with Gasteiger partial charge in [-0.1, -0.05) is 12.1 Å². The largest absolute Gasteiger partial charge is 0.497 e. The number of rotatable bonds is 6. The highest BCUT2D eigenvalue weighted by molar-refractivity contribution is 5.90. The second-order valence-electron chi connectivity index (χ2n) is 5.32. The van der Waals surface area contributed by atoms with Gasteiger partial charge in [-0.05, 0) is 36.4 Å². The van der Waals surface area contributed by atoms with Crippen LogP contribution in [-0.4, -0.2) is 30.2 Å². The number of anilines is 4. The smallest absolute Gasteiger partial charge is 0.337 e. The minimum absolute atomic E-state index is 0.400. The van der Waals surface area contributed by atoms with Crippen molar-refractivity contribution in [2.24, 2.45) is 0 Å². The van der Waals surface area contributed by atoms with E-state index >= 15 is 0 Å². The zero-order valence-corrected chi connectivity index (χ0v) is 14.4. The minimum Gasteiger partial charge on any atom is -0.497 e. The summed E-state index contributed by atoms with van der Waals surface area (Å²) in [4.78, 5) is 20.3. The molecule has 132 valence electrons. The zero-order valence-electron chi connectivity index (χ0n) is 14.4. The second kappa shape index (κ2) is 7.98. The van der Waals surface area contributed by atoms with E-state index < -0.39 is 5.97 Å². The van der Waals surface area contributed by atoms with E-state index in [1.165, 1.54) is 7.11 Å². The summed E-state index contributed by atoms with van der Waals surface area (Å²) in [7, 11) is 2.97. The molecule has 0 radical (unpaired) electrons. The fourth-order valence-electron chi connectivity index (χ4n) is 2.31. The topological polar surface area (TPSA) is 85.4 Å². The number of carbonyl (C=O) groups excluding carboxylic acids is 1. The third kappa shape index (κ3) is 4.27. The van der Waals surface area contributed by atoms with Crippen molar-refractivity contribution in [1.82, 2.24) is 9.97 Å². The van der Waals surface area contributed by atoms with Gasteiger partial charge in [0.2, 0.25) is 5.95 Å². The van der Waals surface area contributed by atoms with Crippen LogP contribution in [0.15, 0.2) is 60.8 Å². The van der Waals surface area contributed by atoms with Crippen molar-refractivity contribution in [1.29, 1.82) is 0 Å². The number of nitrogens with zero attached hydrogens (tertiary/aromatic N) is 2. The molecule has 7 nitrogen and oxygen atoms in total. The summed E-state index contributed by atoms with van der Waals surface area (Å²) < 4.78 is 9.94. The molecule has 0 bridgehead atoms. The molecule has 26 heavy (non-hydrogen) atoms. The number of benzene rings is 2. The lowest BCUT2D eigenvalue weighted by Gasteiger charge is -2.10. The number of aromatic nitrogens is 2. The maximum Gasteiger partial charge on any atom is 0.337 e. The van der Waals surface area contributed by atoms with Crippen LogP contribution in [-0.2, 0) is 4.74 Å². The summed E-state index contributed by atoms with van der Waals surface area (Å²) in [5.41, 5.74) is 1.98. The van der Waals surface area contributed by atoms with Crippen LogP contribution in [0.1, 0.15) is 10.4 Å². The van der Waals surface area contributed by atoms with E-state index in [0.717, 1.165) is 11.4 Å². The molecule has 2 N–H and O–H groups in total. The predicted molar refractivity (Wildman–Crippen MR) is 99.4 cm³/mol. The Balaban J connectivity index is 1.76. The molecule has 0 spiro atoms. The number of methoxy groups -OCH3 is 2. The van der Waals surface area contributed by atoms with Crippen molar-refractivity contribution in [3.05, 3.63) is 66.4 Å². The number of nitrogens with one attached hydrogen (secondary N) is 2. The van der Waals surface area contributed by atoms with Crippen molar-refractivity contribution in [2.45, 2.75) is 0 Å². The molecule has 0 aliphatic rings. The normalized spacial score (nSPS) is 10.1. The lowest BCUT2D eigenvalue weighted by atomic mass is 10.2. The Morgan fingerprint density at radius 3 is 2.50 bits per heavy atom. The lowest BCUT2D eigenvalue weighted by Crippen LogP contribution is -2.03. The van der Waals surface area contributed by atoms with Gasteiger partial charge in [-0.25, -0.2) is 9.78 Å². The molecule has 2 aromatic carbocycles. The highest BCUT2D eigenvalue weighted by Gasteiger charge is 2.07. The van der Waals surface area contributed by atoms with Crippen LogP contribution in [0.5, 0.6) is 5.75 Å². The SMILES string of the molecule is COC(=O)c1cccc(Nc2nccc(Nc3cccc(OC)c3)n2)c1. The van der Waals surface area contributed by atoms with E-state index in [1.807, 2.05) is 30.3 Å². The zero-order chi connectivity index (χ0) is 18.4. The third-order valence-electron chi connectivity index (χ3n) is 3.54. The molecule has 1 aromatic heterocycles. The quantitative estimate of drug-likeness (QED) is 0.655. The van der Waals surface area contributed by atoms with E-state index in [1.54, 1.807) is 37.6 Å². The van der Waals surface area contributed by atoms with E-state index in [4.69, 9.17) is 9.47 Å². The first-order valence-electron chi connectivity index (χ1n) is 7.87. The van der Waals surface area contributed by atoms with Gasteiger partial charge in [-0.15, -0.1) is 0 Å². The molecule has 0 saturated heterocycles. The molecule has 3 rings (SSSR count). The Morgan fingerprint density at radius 1 is 0.962 bits per heavy atom. The van der Waals surface area contributed by atoms with Crippen LogP contribution < -0.4 is 15.4 Å². The molecule has 0 fully saturated rings. The van der Waals surface area contributed by atoms with Crippen LogP contribution in [0.4, 0.5) is 23.1 Å². The van der Waals surface area contributed by atoms with Crippen molar-refractivity contribution in [3.8, 4) is 5.75 Å². The summed E-state index contributed by atoms with van der Waals surface area (Å²) in [6.45, 7) is 0. The molecule has 0 amide bonds. The van der Waals surface area contributed by atoms with Gasteiger partial charge in [-0.2, -0.15) is 4.98 Å². The standard InChI is InChI=1S/C19H18N4O3/c1-25-16-8-4-7-15(12-16)21-17-9-10-20-19(23-17)22-14-6-3-5-13(11-14)18(24)26-2/h3-12H,1-2H3,(H2,20,21,22,23). The summed E-state index contributed by atoms with van der Waals surface area (Å²) in [6, 6.07) is 16.2. The first-order chi connectivity index (χ1) is 12.7. The molecular formula is C19H18N4O3. The average Bonchev–Trinajstić information content (AvgIpc) is 2.68. The summed E-state index contributed by atoms with van der Waals surface area (Å²) in [5, 5.41) is 6.28. The average molecular weight is 350 g/mol. The molecule has 0 atom stereocenters. The highest BCUT2D eigenvalue weighted by atomic mass is 16.5. The summed E-state index contributed by atoms with van der Waals surface area (Å²) in [6.07, 6.45) is 1.64. The monoisotopic (exact) mass is 350 g/mol. The van der Waals surface area contributed by atoms with E-state index in [2.05, 4.69) is 20.6 Å². The van der Waals surface area contributed by atoms with E-state index in [-0.39, 0.29) is 0 Å². The van der Waals surface area contributed by atoms with Gasteiger partial charge in [0, 0.05) is 23.6 Å². The Kier molecular flexibility index (Phi) is 5.28. The molecule has 1 heterocycles. The Bertz CT molecular complexity index is 915. The predicted octanol–water partition coefficient (Wildman–Crippen LogP) is 3.76. The molecule has 7 heteroatoms. The maximum atomic E-state index is 11.6. The Hall–Kier alpha value is -3.61. The number of hydrogen-bond donors (Lipinski definition) is 2. The number of carbonyl (C=O) groups is 1. The third-order valence-corrected chi connectivity index (χ3v) is 3.54. The molecular weight excluding hydrogens is 332 g/mol. The van der Waals surface area contributed by atoms with Crippen molar-refractivity contribution in [3.63, 3.8) is 0 Å². The molecule has 0 aliphatic carbocycles. The lowest BCUT2D eigenvalue weighted by molar-refractivity contribution is 0.0601. The van der Waals surface area contributed by atoms with Gasteiger partial charge in [-0.3, -0.25) is 0 Å². The number of hydrogen-bond acceptors (Lipinski definition) is 7. The number of esters is 1. The van der Waals surface area contributed by atoms with E-state index in [9.17, 15) is 4.79 Å². The first kappa shape index (κ1) is 17.2. The van der Waals surface area contributed by atoms with Gasteiger partial charge in [0.1, 0.15) is 11.6 Å². The second-order valence-corrected chi connectivity index (χ2v) is 5.32. The van der Waals surface area contributed by atoms with Gasteiger partial charge in [0.15, 0.2) is 0 Å². The van der Waals surface area contributed by atoms with Crippen molar-refractivity contribution >= 4 is 29.1 Å². The van der Waals surface area contributed by atoms with Crippen LogP contribution in [0, 0.1) is 0 Å². The molecule has 0 saturated carbocycles. The molecule has 3 aromatic rings. The van der Waals surface area contributed by atoms with E-state index in [0.29, 0.717) is 23.0 Å². The van der Waals surface area contributed by atoms with Crippen LogP contribution >= 0.6 is 0 Å². The van der Waals surface area contributed by atoms with Gasteiger partial charge >= 0.3 is 5.97 Å². The minimum atomic E-state index is -0.400. The Labute approximate surface area is 151 Å². The molecule has 0 unspecified atom stereocenters. The maximum absolute atomic E-state index is 11.6. The van der Waals surface area contributed by atoms with Crippen molar-refractivity contribution < 1.29 is 14.3 Å². The Morgan fingerprint density at radius 2 is 1.73 bits per heavy atom. The van der Waals surface area contributed by atoms with Crippen LogP contribution in [0.2, 0.25) is 0 Å². The van der Waals surface area contributed by atoms with Gasteiger partial charge < -0.3 is 20.1 Å². The number of ether oxygens (including phenoxy) is 2. The van der Waals surface area contributed by atoms with Crippen molar-refractivity contribution in [2.75, 3.05) is 24.9 Å². The summed E-state index contributed by atoms with van der Waals surface area (Å²) in [5.74, 6) is 1.38. The van der Waals surface area contributed by atoms with Gasteiger partial charge in [0.25, 0.3) is 0 Å².